The molecule has 1 aromatic carbocycles. The first-order valence-corrected chi connectivity index (χ1v) is 8.37. The molecule has 0 saturated carbocycles. The smallest absolute Gasteiger partial charge is 0.410 e. The number of nitrogens with zero attached hydrogens (tertiary/aromatic N) is 1. The number of piperidine rings is 1. The molecule has 1 heterocycles. The van der Waals surface area contributed by atoms with Gasteiger partial charge in [0.2, 0.25) is 0 Å². The molecule has 1 aliphatic heterocycles. The van der Waals surface area contributed by atoms with Gasteiger partial charge in [-0.1, -0.05) is 30.3 Å². The van der Waals surface area contributed by atoms with Gasteiger partial charge in [0.05, 0.1) is 0 Å². The number of carbonyl (C=O) groups is 2. The minimum atomic E-state index is -0.460. The summed E-state index contributed by atoms with van der Waals surface area (Å²) in [7, 11) is 0. The summed E-state index contributed by atoms with van der Waals surface area (Å²) < 4.78 is 5.44. The van der Waals surface area contributed by atoms with Crippen LogP contribution in [0.15, 0.2) is 30.3 Å². The summed E-state index contributed by atoms with van der Waals surface area (Å²) in [6, 6.07) is 10.2. The lowest BCUT2D eigenvalue weighted by atomic mass is 9.78. The second kappa shape index (κ2) is 7.62. The summed E-state index contributed by atoms with van der Waals surface area (Å²) in [5, 5.41) is 0. The van der Waals surface area contributed by atoms with Crippen molar-refractivity contribution in [2.45, 2.75) is 51.6 Å². The zero-order valence-electron chi connectivity index (χ0n) is 14.3. The predicted molar refractivity (Wildman–Crippen MR) is 90.4 cm³/mol. The molecular formula is C19H27NO3. The Labute approximate surface area is 138 Å². The third-order valence-corrected chi connectivity index (χ3v) is 4.34. The Balaban J connectivity index is 1.96. The van der Waals surface area contributed by atoms with Crippen LogP contribution in [0.2, 0.25) is 0 Å². The molecule has 1 amide bonds. The Bertz CT molecular complexity index is 513. The molecule has 2 rings (SSSR count). The first kappa shape index (κ1) is 17.5. The van der Waals surface area contributed by atoms with Crippen molar-refractivity contribution in [3.05, 3.63) is 35.9 Å². The first-order chi connectivity index (χ1) is 10.9. The Hall–Kier alpha value is -1.84. The summed E-state index contributed by atoms with van der Waals surface area (Å²) >= 11 is 0. The topological polar surface area (TPSA) is 46.6 Å². The van der Waals surface area contributed by atoms with Gasteiger partial charge in [-0.3, -0.25) is 0 Å². The van der Waals surface area contributed by atoms with E-state index < -0.39 is 5.60 Å². The molecule has 0 aromatic heterocycles. The van der Waals surface area contributed by atoms with Crippen LogP contribution in [-0.4, -0.2) is 36.0 Å². The van der Waals surface area contributed by atoms with Gasteiger partial charge in [-0.25, -0.2) is 4.79 Å². The van der Waals surface area contributed by atoms with E-state index in [4.69, 9.17) is 4.74 Å². The van der Waals surface area contributed by atoms with Crippen LogP contribution in [0.4, 0.5) is 4.79 Å². The first-order valence-electron chi connectivity index (χ1n) is 8.37. The Morgan fingerprint density at radius 2 is 1.87 bits per heavy atom. The van der Waals surface area contributed by atoms with Crippen molar-refractivity contribution < 1.29 is 14.3 Å². The van der Waals surface area contributed by atoms with Crippen LogP contribution in [-0.2, 0) is 9.53 Å². The quantitative estimate of drug-likeness (QED) is 0.788. The number of rotatable bonds is 4. The van der Waals surface area contributed by atoms with Crippen LogP contribution < -0.4 is 0 Å². The predicted octanol–water partition coefficient (Wildman–Crippen LogP) is 4.01. The maximum Gasteiger partial charge on any atom is 0.410 e. The zero-order valence-corrected chi connectivity index (χ0v) is 14.3. The molecule has 0 aliphatic carbocycles. The number of benzene rings is 1. The summed E-state index contributed by atoms with van der Waals surface area (Å²) in [5.74, 6) is 0.677. The molecule has 1 saturated heterocycles. The van der Waals surface area contributed by atoms with Crippen LogP contribution >= 0.6 is 0 Å². The van der Waals surface area contributed by atoms with E-state index in [-0.39, 0.29) is 12.0 Å². The fraction of sp³-hybridized carbons (Fsp3) is 0.579. The van der Waals surface area contributed by atoms with Gasteiger partial charge in [0.15, 0.2) is 0 Å². The average Bonchev–Trinajstić information content (AvgIpc) is 2.52. The Morgan fingerprint density at radius 1 is 1.26 bits per heavy atom. The van der Waals surface area contributed by atoms with Crippen molar-refractivity contribution in [3.8, 4) is 0 Å². The number of aldehydes is 1. The standard InChI is InChI=1S/C19H27NO3/c1-19(2,3)23-18(22)20-12-9-16(10-13-20)17(11-14-21)15-7-5-4-6-8-15/h4-8,14,16-17H,9-13H2,1-3H3/t17-/m0/s1. The zero-order chi connectivity index (χ0) is 16.9. The van der Waals surface area contributed by atoms with Crippen molar-refractivity contribution >= 4 is 12.4 Å². The van der Waals surface area contributed by atoms with Crippen molar-refractivity contribution in [3.63, 3.8) is 0 Å². The third-order valence-electron chi connectivity index (χ3n) is 4.34. The van der Waals surface area contributed by atoms with E-state index in [0.29, 0.717) is 25.4 Å². The van der Waals surface area contributed by atoms with E-state index >= 15 is 0 Å². The molecule has 4 nitrogen and oxygen atoms in total. The van der Waals surface area contributed by atoms with Gasteiger partial charge in [-0.15, -0.1) is 0 Å². The van der Waals surface area contributed by atoms with Crippen LogP contribution in [0, 0.1) is 5.92 Å². The highest BCUT2D eigenvalue weighted by atomic mass is 16.6. The van der Waals surface area contributed by atoms with E-state index in [9.17, 15) is 9.59 Å². The van der Waals surface area contributed by atoms with Crippen molar-refractivity contribution in [2.24, 2.45) is 5.92 Å². The van der Waals surface area contributed by atoms with E-state index in [2.05, 4.69) is 12.1 Å². The fourth-order valence-corrected chi connectivity index (χ4v) is 3.22. The summed E-state index contributed by atoms with van der Waals surface area (Å²) in [5.41, 5.74) is 0.758. The molecule has 0 spiro atoms. The number of hydrogen-bond donors (Lipinski definition) is 0. The summed E-state index contributed by atoms with van der Waals surface area (Å²) in [6.07, 6.45) is 3.14. The molecule has 0 radical (unpaired) electrons. The molecule has 0 bridgehead atoms. The lowest BCUT2D eigenvalue weighted by molar-refractivity contribution is -0.108. The van der Waals surface area contributed by atoms with Crippen LogP contribution in [0.1, 0.15) is 51.5 Å². The fourth-order valence-electron chi connectivity index (χ4n) is 3.22. The van der Waals surface area contributed by atoms with Crippen LogP contribution in [0.25, 0.3) is 0 Å². The van der Waals surface area contributed by atoms with Gasteiger partial charge in [-0.2, -0.15) is 0 Å². The Kier molecular flexibility index (Phi) is 5.80. The van der Waals surface area contributed by atoms with Gasteiger partial charge in [0, 0.05) is 19.5 Å². The average molecular weight is 317 g/mol. The molecule has 0 N–H and O–H groups in total. The SMILES string of the molecule is CC(C)(C)OC(=O)N1CCC([C@@H](CC=O)c2ccccc2)CC1. The molecule has 4 heteroatoms. The lowest BCUT2D eigenvalue weighted by Gasteiger charge is -2.36. The molecule has 1 aliphatic rings. The van der Waals surface area contributed by atoms with Gasteiger partial charge >= 0.3 is 6.09 Å². The number of likely N-dealkylation sites (tertiary alicyclic amines) is 1. The normalized spacial score (nSPS) is 17.6. The number of ether oxygens (including phenoxy) is 1. The largest absolute Gasteiger partial charge is 0.444 e. The maximum atomic E-state index is 12.1. The molecule has 1 aromatic rings. The molecule has 0 unspecified atom stereocenters. The van der Waals surface area contributed by atoms with E-state index in [1.807, 2.05) is 39.0 Å². The number of amides is 1. The van der Waals surface area contributed by atoms with Crippen molar-refractivity contribution in [1.29, 1.82) is 0 Å². The van der Waals surface area contributed by atoms with Gasteiger partial charge in [-0.05, 0) is 51.0 Å². The second-order valence-electron chi connectivity index (χ2n) is 7.22. The highest BCUT2D eigenvalue weighted by Crippen LogP contribution is 2.35. The highest BCUT2D eigenvalue weighted by Gasteiger charge is 2.31. The van der Waals surface area contributed by atoms with Gasteiger partial charge in [0.1, 0.15) is 11.9 Å². The lowest BCUT2D eigenvalue weighted by Crippen LogP contribution is -2.42. The molecule has 1 atom stereocenters. The molecular weight excluding hydrogens is 290 g/mol. The second-order valence-corrected chi connectivity index (χ2v) is 7.22. The molecule has 126 valence electrons. The minimum absolute atomic E-state index is 0.234. The van der Waals surface area contributed by atoms with E-state index in [1.54, 1.807) is 4.90 Å². The monoisotopic (exact) mass is 317 g/mol. The van der Waals surface area contributed by atoms with Crippen molar-refractivity contribution in [2.75, 3.05) is 13.1 Å². The van der Waals surface area contributed by atoms with E-state index in [1.165, 1.54) is 5.56 Å². The molecule has 1 fully saturated rings. The Morgan fingerprint density at radius 3 is 2.39 bits per heavy atom. The van der Waals surface area contributed by atoms with E-state index in [0.717, 1.165) is 19.1 Å². The number of carbonyl (C=O) groups excluding carboxylic acids is 2. The van der Waals surface area contributed by atoms with Crippen molar-refractivity contribution in [1.82, 2.24) is 4.90 Å². The summed E-state index contributed by atoms with van der Waals surface area (Å²) in [6.45, 7) is 7.04. The van der Waals surface area contributed by atoms with Crippen LogP contribution in [0.3, 0.4) is 0 Å². The summed E-state index contributed by atoms with van der Waals surface area (Å²) in [4.78, 5) is 25.0. The van der Waals surface area contributed by atoms with Gasteiger partial charge in [0.25, 0.3) is 0 Å². The third kappa shape index (κ3) is 5.08. The number of hydrogen-bond acceptors (Lipinski definition) is 3. The minimum Gasteiger partial charge on any atom is -0.444 e. The van der Waals surface area contributed by atoms with Crippen LogP contribution in [0.5, 0.6) is 0 Å². The maximum absolute atomic E-state index is 12.1. The molecule has 23 heavy (non-hydrogen) atoms. The highest BCUT2D eigenvalue weighted by molar-refractivity contribution is 5.68. The van der Waals surface area contributed by atoms with Gasteiger partial charge < -0.3 is 14.4 Å².